The summed E-state index contributed by atoms with van der Waals surface area (Å²) < 4.78 is 0. The van der Waals surface area contributed by atoms with Crippen molar-refractivity contribution in [2.75, 3.05) is 5.32 Å². The molecule has 0 radical (unpaired) electrons. The molecule has 1 saturated heterocycles. The normalized spacial score (nSPS) is 21.1. The van der Waals surface area contributed by atoms with Gasteiger partial charge in [0.1, 0.15) is 5.69 Å². The second-order valence-corrected chi connectivity index (χ2v) is 4.96. The third-order valence-electron chi connectivity index (χ3n) is 3.54. The molecule has 0 bridgehead atoms. The van der Waals surface area contributed by atoms with E-state index in [1.165, 1.54) is 11.6 Å². The second kappa shape index (κ2) is 5.90. The summed E-state index contributed by atoms with van der Waals surface area (Å²) in [6, 6.07) is 17.0. The Morgan fingerprint density at radius 3 is 2.52 bits per heavy atom. The van der Waals surface area contributed by atoms with Gasteiger partial charge in [0.05, 0.1) is 11.1 Å². The topological polar surface area (TPSA) is 79.2 Å². The second-order valence-electron chi connectivity index (χ2n) is 4.96. The number of benzene rings is 2. The fourth-order valence-electron chi connectivity index (χ4n) is 2.50. The molecule has 1 fully saturated rings. The Labute approximate surface area is 122 Å². The fraction of sp³-hybridized carbons (Fsp3) is 0.200. The van der Waals surface area contributed by atoms with Gasteiger partial charge in [-0.2, -0.15) is 0 Å². The van der Waals surface area contributed by atoms with E-state index >= 15 is 0 Å². The van der Waals surface area contributed by atoms with Crippen LogP contribution < -0.4 is 16.2 Å². The number of hydrazine groups is 1. The zero-order valence-electron chi connectivity index (χ0n) is 11.3. The Morgan fingerprint density at radius 2 is 1.76 bits per heavy atom. The van der Waals surface area contributed by atoms with Crippen LogP contribution in [0.3, 0.4) is 0 Å². The lowest BCUT2D eigenvalue weighted by molar-refractivity contribution is -0.384. The standard InChI is InChI=1S/C15H16N4O2/c20-19(21)14-9-5-4-8-12(14)16-15-10-13(17-18-15)11-6-2-1-3-7-11/h1-9,13,15-18H,10H2. The van der Waals surface area contributed by atoms with Gasteiger partial charge in [-0.25, -0.2) is 10.9 Å². The van der Waals surface area contributed by atoms with Gasteiger partial charge in [0.25, 0.3) is 5.69 Å². The lowest BCUT2D eigenvalue weighted by Crippen LogP contribution is -2.36. The molecule has 1 heterocycles. The van der Waals surface area contributed by atoms with Gasteiger partial charge in [-0.05, 0) is 11.6 Å². The molecular weight excluding hydrogens is 268 g/mol. The number of nitrogens with zero attached hydrogens (tertiary/aromatic N) is 1. The molecule has 6 nitrogen and oxygen atoms in total. The van der Waals surface area contributed by atoms with Gasteiger partial charge in [0.15, 0.2) is 0 Å². The lowest BCUT2D eigenvalue weighted by Gasteiger charge is -2.13. The number of anilines is 1. The van der Waals surface area contributed by atoms with Crippen molar-refractivity contribution in [2.24, 2.45) is 0 Å². The Bertz CT molecular complexity index is 633. The lowest BCUT2D eigenvalue weighted by atomic mass is 10.0. The Morgan fingerprint density at radius 1 is 1.05 bits per heavy atom. The van der Waals surface area contributed by atoms with Crippen LogP contribution >= 0.6 is 0 Å². The number of para-hydroxylation sites is 2. The van der Waals surface area contributed by atoms with E-state index in [-0.39, 0.29) is 22.8 Å². The highest BCUT2D eigenvalue weighted by Gasteiger charge is 2.26. The van der Waals surface area contributed by atoms with Crippen LogP contribution in [0.15, 0.2) is 54.6 Å². The molecule has 3 N–H and O–H groups in total. The third kappa shape index (κ3) is 3.01. The minimum Gasteiger partial charge on any atom is -0.363 e. The van der Waals surface area contributed by atoms with Crippen LogP contribution in [0.25, 0.3) is 0 Å². The maximum absolute atomic E-state index is 11.0. The summed E-state index contributed by atoms with van der Waals surface area (Å²) in [5, 5.41) is 14.2. The van der Waals surface area contributed by atoms with Crippen molar-refractivity contribution in [3.63, 3.8) is 0 Å². The molecular formula is C15H16N4O2. The quantitative estimate of drug-likeness (QED) is 0.594. The highest BCUT2D eigenvalue weighted by atomic mass is 16.6. The first kappa shape index (κ1) is 13.5. The minimum atomic E-state index is -0.376. The molecule has 0 saturated carbocycles. The predicted octanol–water partition coefficient (Wildman–Crippen LogP) is 2.57. The van der Waals surface area contributed by atoms with Crippen molar-refractivity contribution in [1.29, 1.82) is 0 Å². The summed E-state index contributed by atoms with van der Waals surface area (Å²) in [5.74, 6) is 0. The largest absolute Gasteiger partial charge is 0.363 e. The van der Waals surface area contributed by atoms with Crippen molar-refractivity contribution >= 4 is 11.4 Å². The molecule has 0 aromatic heterocycles. The van der Waals surface area contributed by atoms with Crippen molar-refractivity contribution < 1.29 is 4.92 Å². The van der Waals surface area contributed by atoms with Gasteiger partial charge in [-0.15, -0.1) is 0 Å². The maximum atomic E-state index is 11.0. The average Bonchev–Trinajstić information content (AvgIpc) is 2.97. The average molecular weight is 284 g/mol. The molecule has 2 atom stereocenters. The van der Waals surface area contributed by atoms with Gasteiger partial charge >= 0.3 is 0 Å². The van der Waals surface area contributed by atoms with E-state index in [4.69, 9.17) is 0 Å². The van der Waals surface area contributed by atoms with E-state index < -0.39 is 0 Å². The number of hydrogen-bond donors (Lipinski definition) is 3. The van der Waals surface area contributed by atoms with Gasteiger partial charge in [-0.3, -0.25) is 10.1 Å². The molecule has 108 valence electrons. The number of nitro groups is 1. The maximum Gasteiger partial charge on any atom is 0.292 e. The zero-order valence-corrected chi connectivity index (χ0v) is 11.3. The van der Waals surface area contributed by atoms with Gasteiger partial charge < -0.3 is 5.32 Å². The molecule has 21 heavy (non-hydrogen) atoms. The van der Waals surface area contributed by atoms with Crippen LogP contribution in [0.4, 0.5) is 11.4 Å². The molecule has 2 aromatic carbocycles. The molecule has 0 spiro atoms. The van der Waals surface area contributed by atoms with Crippen molar-refractivity contribution in [3.8, 4) is 0 Å². The summed E-state index contributed by atoms with van der Waals surface area (Å²) in [6.45, 7) is 0. The van der Waals surface area contributed by atoms with Gasteiger partial charge in [-0.1, -0.05) is 42.5 Å². The highest BCUT2D eigenvalue weighted by Crippen LogP contribution is 2.27. The summed E-state index contributed by atoms with van der Waals surface area (Å²) in [5.41, 5.74) is 8.15. The molecule has 2 unspecified atom stereocenters. The van der Waals surface area contributed by atoms with Crippen LogP contribution in [0, 0.1) is 10.1 Å². The Kier molecular flexibility index (Phi) is 3.81. The molecule has 6 heteroatoms. The minimum absolute atomic E-state index is 0.0590. The monoisotopic (exact) mass is 284 g/mol. The van der Waals surface area contributed by atoms with E-state index in [0.717, 1.165) is 6.42 Å². The van der Waals surface area contributed by atoms with E-state index in [1.54, 1.807) is 18.2 Å². The Hall–Kier alpha value is -2.44. The van der Waals surface area contributed by atoms with Crippen LogP contribution in [0.1, 0.15) is 18.0 Å². The van der Waals surface area contributed by atoms with E-state index in [9.17, 15) is 10.1 Å². The zero-order chi connectivity index (χ0) is 14.7. The predicted molar refractivity (Wildman–Crippen MR) is 80.6 cm³/mol. The molecule has 2 aromatic rings. The third-order valence-corrected chi connectivity index (χ3v) is 3.54. The Balaban J connectivity index is 1.69. The van der Waals surface area contributed by atoms with Crippen molar-refractivity contribution in [1.82, 2.24) is 10.9 Å². The first-order valence-corrected chi connectivity index (χ1v) is 6.80. The first-order chi connectivity index (χ1) is 10.2. The molecule has 0 aliphatic carbocycles. The summed E-state index contributed by atoms with van der Waals surface area (Å²) in [6.07, 6.45) is 0.743. The van der Waals surface area contributed by atoms with E-state index in [1.807, 2.05) is 18.2 Å². The SMILES string of the molecule is O=[N+]([O-])c1ccccc1NC1CC(c2ccccc2)NN1. The molecule has 3 rings (SSSR count). The van der Waals surface area contributed by atoms with Crippen molar-refractivity contribution in [3.05, 3.63) is 70.3 Å². The van der Waals surface area contributed by atoms with E-state index in [0.29, 0.717) is 5.69 Å². The molecule has 1 aliphatic heterocycles. The van der Waals surface area contributed by atoms with Crippen molar-refractivity contribution in [2.45, 2.75) is 18.6 Å². The number of hydrogen-bond acceptors (Lipinski definition) is 5. The summed E-state index contributed by atoms with van der Waals surface area (Å²) >= 11 is 0. The molecule has 0 amide bonds. The van der Waals surface area contributed by atoms with E-state index in [2.05, 4.69) is 28.3 Å². The summed E-state index contributed by atoms with van der Waals surface area (Å²) in [4.78, 5) is 10.6. The molecule has 1 aliphatic rings. The fourth-order valence-corrected chi connectivity index (χ4v) is 2.50. The number of nitrogens with one attached hydrogen (secondary N) is 3. The number of rotatable bonds is 4. The van der Waals surface area contributed by atoms with Crippen LogP contribution in [0.2, 0.25) is 0 Å². The van der Waals surface area contributed by atoms with Crippen LogP contribution in [-0.4, -0.2) is 11.1 Å². The van der Waals surface area contributed by atoms with Crippen LogP contribution in [-0.2, 0) is 0 Å². The van der Waals surface area contributed by atoms with Gasteiger partial charge in [0.2, 0.25) is 0 Å². The number of nitro benzene ring substituents is 1. The summed E-state index contributed by atoms with van der Waals surface area (Å²) in [7, 11) is 0. The van der Waals surface area contributed by atoms with Crippen LogP contribution in [0.5, 0.6) is 0 Å². The first-order valence-electron chi connectivity index (χ1n) is 6.80. The smallest absolute Gasteiger partial charge is 0.292 e. The highest BCUT2D eigenvalue weighted by molar-refractivity contribution is 5.61. The van der Waals surface area contributed by atoms with Gasteiger partial charge in [0, 0.05) is 18.5 Å².